The average molecular weight is 1050 g/mol. The largest absolute Gasteiger partial charge is 0.461 e. The lowest BCUT2D eigenvalue weighted by molar-refractivity contribution is -0.386. The molecule has 3 saturated carbocycles. The van der Waals surface area contributed by atoms with Crippen molar-refractivity contribution in [3.05, 3.63) is 23.8 Å². The summed E-state index contributed by atoms with van der Waals surface area (Å²) in [4.78, 5) is 13.7. The first-order valence-corrected chi connectivity index (χ1v) is 26.4. The van der Waals surface area contributed by atoms with E-state index in [2.05, 4.69) is 40.3 Å². The first-order valence-electron chi connectivity index (χ1n) is 25.0. The van der Waals surface area contributed by atoms with Crippen molar-refractivity contribution in [3.8, 4) is 0 Å². The summed E-state index contributed by atoms with van der Waals surface area (Å²) in [6, 6.07) is 0. The van der Waals surface area contributed by atoms with Gasteiger partial charge in [0.25, 0.3) is 0 Å². The molecule has 0 aromatic rings. The van der Waals surface area contributed by atoms with Crippen LogP contribution in [-0.4, -0.2) is 210 Å². The lowest BCUT2D eigenvalue weighted by atomic mass is 9.40. The Morgan fingerprint density at radius 1 is 0.792 bits per heavy atom. The van der Waals surface area contributed by atoms with E-state index in [4.69, 9.17) is 51.6 Å². The summed E-state index contributed by atoms with van der Waals surface area (Å²) in [5.41, 5.74) is 0.529. The zero-order valence-electron chi connectivity index (χ0n) is 41.6. The van der Waals surface area contributed by atoms with E-state index in [9.17, 15) is 58.6 Å². The van der Waals surface area contributed by atoms with Gasteiger partial charge in [-0.3, -0.25) is 9.35 Å². The quantitative estimate of drug-likeness (QED) is 0.0615. The van der Waals surface area contributed by atoms with E-state index >= 15 is 0 Å². The minimum Gasteiger partial charge on any atom is -0.461 e. The molecular formula is C48H74O23S. The first kappa shape index (κ1) is 54.9. The second-order valence-corrected chi connectivity index (χ2v) is 23.8. The number of hydrogen-bond donors (Lipinski definition) is 9. The number of carbonyl (C=O) groups is 1. The maximum atomic E-state index is 13.7. The van der Waals surface area contributed by atoms with Gasteiger partial charge in [0.05, 0.1) is 37.4 Å². The van der Waals surface area contributed by atoms with E-state index in [1.807, 2.05) is 6.92 Å². The number of esters is 1. The molecule has 24 heteroatoms. The summed E-state index contributed by atoms with van der Waals surface area (Å²) in [6.45, 7) is 14.8. The molecule has 5 saturated heterocycles. The number of aliphatic hydroxyl groups is 8. The van der Waals surface area contributed by atoms with Crippen molar-refractivity contribution < 1.29 is 110 Å². The van der Waals surface area contributed by atoms with Crippen LogP contribution in [0.3, 0.4) is 0 Å². The number of methoxy groups -OCH3 is 1. The fraction of sp³-hybridized carbons (Fsp3) is 0.896. The average Bonchev–Trinajstić information content (AvgIpc) is 3.74. The molecule has 0 aromatic heterocycles. The van der Waals surface area contributed by atoms with Gasteiger partial charge in [-0.05, 0) is 75.0 Å². The maximum Gasteiger partial charge on any atom is 0.397 e. The van der Waals surface area contributed by atoms with Crippen LogP contribution in [0.5, 0.6) is 0 Å². The predicted molar refractivity (Wildman–Crippen MR) is 242 cm³/mol. The predicted octanol–water partition coefficient (Wildman–Crippen LogP) is -0.872. The van der Waals surface area contributed by atoms with Crippen molar-refractivity contribution >= 4 is 16.4 Å². The zero-order valence-corrected chi connectivity index (χ0v) is 42.4. The molecule has 9 aliphatic rings. The van der Waals surface area contributed by atoms with E-state index in [1.54, 1.807) is 0 Å². The highest BCUT2D eigenvalue weighted by atomic mass is 32.3. The molecular weight excluding hydrogens is 977 g/mol. The standard InChI is InChI=1S/C48H74O23S/c1-19(2)29-24-15-47(7)22-9-10-27-45(4,5)28(12-13-46(27,6)21(22)11-14-48(29,47)44(57)66-24)67-43-39(31(52)26(18-63-43)71-72(58,59)60)70-41-33(54)32(53)36(20(3)64-41)68-42-35(56)38(30(51)25(16-49)65-42)69-40-34(55)37(61-8)23(50)17-62-40/h9,20-21,23-43,49-56H,1,10-18H2,2-8H3,(H,58,59,60)/t20-,21?,23-,24+,25-,26-,27?,28+,29+,30-,31-,32-,33-,34-,35-,36-,37+,38+,39-,40+,41+,42+,43+,46-,47+,48-/m1/s1. The molecule has 0 aromatic carbocycles. The van der Waals surface area contributed by atoms with E-state index in [0.29, 0.717) is 19.3 Å². The van der Waals surface area contributed by atoms with Crippen molar-refractivity contribution in [2.24, 2.45) is 39.4 Å². The number of carbonyl (C=O) groups excluding carboxylic acids is 1. The van der Waals surface area contributed by atoms with Gasteiger partial charge in [0.2, 0.25) is 0 Å². The number of aliphatic hydroxyl groups excluding tert-OH is 8. The van der Waals surface area contributed by atoms with E-state index in [1.165, 1.54) is 19.6 Å². The SMILES string of the molecule is C=C(C)[C@H]1[C@@H]2C[C@@]3(C)C4=CCC5C(C)(C)[C@@H](O[C@@H]6OC[C@@H](OS(=O)(=O)O)[C@@H](O)[C@H]6O[C@@H]6O[C@H](C)[C@@H](O[C@@H]7O[C@H](CO)[C@@H](O)[C@H](O[C@@H]8OC[C@@H](O)[C@H](OC)[C@H]8O)[C@H]7O)[C@H](O)[C@H]6O)CC[C@]5(C)C4CC[C@]13C(=O)O2. The molecule has 2 bridgehead atoms. The third-order valence-corrected chi connectivity index (χ3v) is 18.9. The van der Waals surface area contributed by atoms with Crippen molar-refractivity contribution in [2.45, 2.75) is 203 Å². The molecule has 23 nitrogen and oxygen atoms in total. The van der Waals surface area contributed by atoms with Gasteiger partial charge in [0.15, 0.2) is 25.2 Å². The Balaban J connectivity index is 0.904. The number of hydrogen-bond acceptors (Lipinski definition) is 22. The van der Waals surface area contributed by atoms with Crippen molar-refractivity contribution in [1.29, 1.82) is 0 Å². The summed E-state index contributed by atoms with van der Waals surface area (Å²) >= 11 is 0. The molecule has 2 unspecified atom stereocenters. The van der Waals surface area contributed by atoms with Gasteiger partial charge in [-0.1, -0.05) is 51.5 Å². The number of allylic oxidation sites excluding steroid dienone is 2. The molecule has 0 amide bonds. The molecule has 5 aliphatic heterocycles. The van der Waals surface area contributed by atoms with Gasteiger partial charge in [0, 0.05) is 18.4 Å². The molecule has 0 radical (unpaired) electrons. The fourth-order valence-corrected chi connectivity index (χ4v) is 15.4. The van der Waals surface area contributed by atoms with Gasteiger partial charge in [-0.2, -0.15) is 8.42 Å². The summed E-state index contributed by atoms with van der Waals surface area (Å²) in [6.07, 6.45) is -23.1. The van der Waals surface area contributed by atoms with Crippen LogP contribution in [-0.2, 0) is 66.7 Å². The van der Waals surface area contributed by atoms with Crippen LogP contribution in [0.15, 0.2) is 23.8 Å². The molecule has 9 N–H and O–H groups in total. The number of rotatable bonds is 13. The second kappa shape index (κ2) is 19.9. The maximum absolute atomic E-state index is 13.7. The molecule has 1 spiro atoms. The minimum absolute atomic E-state index is 0.0360. The summed E-state index contributed by atoms with van der Waals surface area (Å²) in [5.74, 6) is 0.106. The first-order chi connectivity index (χ1) is 33.7. The van der Waals surface area contributed by atoms with Gasteiger partial charge in [-0.15, -0.1) is 0 Å². The number of fused-ring (bicyclic) bond motifs is 5. The number of ether oxygens (including phenoxy) is 10. The highest BCUT2D eigenvalue weighted by Gasteiger charge is 2.76. The monoisotopic (exact) mass is 1050 g/mol. The smallest absolute Gasteiger partial charge is 0.397 e. The van der Waals surface area contributed by atoms with Crippen molar-refractivity contribution in [2.75, 3.05) is 26.9 Å². The van der Waals surface area contributed by atoms with Crippen LogP contribution in [0, 0.1) is 39.4 Å². The van der Waals surface area contributed by atoms with Gasteiger partial charge >= 0.3 is 16.4 Å². The molecule has 72 heavy (non-hydrogen) atoms. The Kier molecular flexibility index (Phi) is 15.1. The van der Waals surface area contributed by atoms with E-state index in [-0.39, 0.29) is 47.3 Å². The third-order valence-electron chi connectivity index (χ3n) is 18.5. The topological polar surface area (TPSA) is 335 Å². The Labute approximate surface area is 418 Å². The van der Waals surface area contributed by atoms with Crippen molar-refractivity contribution in [3.63, 3.8) is 0 Å². The fourth-order valence-electron chi connectivity index (χ4n) is 14.9. The molecule has 8 fully saturated rings. The lowest BCUT2D eigenvalue weighted by Crippen LogP contribution is -2.66. The molecule has 5 heterocycles. The van der Waals surface area contributed by atoms with E-state index < -0.39 is 151 Å². The van der Waals surface area contributed by atoms with Gasteiger partial charge < -0.3 is 88.2 Å². The summed E-state index contributed by atoms with van der Waals surface area (Å²) in [5, 5.41) is 88.3. The zero-order chi connectivity index (χ0) is 52.4. The van der Waals surface area contributed by atoms with E-state index in [0.717, 1.165) is 24.8 Å². The molecule has 9 rings (SSSR count). The third kappa shape index (κ3) is 8.87. The van der Waals surface area contributed by atoms with Crippen LogP contribution in [0.1, 0.15) is 80.1 Å². The van der Waals surface area contributed by atoms with Gasteiger partial charge in [0.1, 0.15) is 85.5 Å². The van der Waals surface area contributed by atoms with Crippen LogP contribution in [0.2, 0.25) is 0 Å². The van der Waals surface area contributed by atoms with Crippen LogP contribution in [0.25, 0.3) is 0 Å². The van der Waals surface area contributed by atoms with Crippen LogP contribution in [0.4, 0.5) is 0 Å². The highest BCUT2D eigenvalue weighted by Crippen LogP contribution is 2.76. The second-order valence-electron chi connectivity index (χ2n) is 22.7. The minimum atomic E-state index is -5.13. The van der Waals surface area contributed by atoms with Crippen LogP contribution < -0.4 is 0 Å². The molecule has 26 atom stereocenters. The lowest BCUT2D eigenvalue weighted by Gasteiger charge is -2.64. The Morgan fingerprint density at radius 3 is 2.11 bits per heavy atom. The summed E-state index contributed by atoms with van der Waals surface area (Å²) < 4.78 is 97.1. The van der Waals surface area contributed by atoms with Gasteiger partial charge in [-0.25, -0.2) is 4.18 Å². The Bertz CT molecular complexity index is 2160. The van der Waals surface area contributed by atoms with Crippen LogP contribution >= 0.6 is 0 Å². The summed E-state index contributed by atoms with van der Waals surface area (Å²) in [7, 11) is -3.88. The molecule has 4 aliphatic carbocycles. The van der Waals surface area contributed by atoms with Crippen molar-refractivity contribution in [1.82, 2.24) is 0 Å². The normalized spacial score (nSPS) is 52.1. The Morgan fingerprint density at radius 2 is 1.44 bits per heavy atom. The Hall–Kier alpha value is -1.86. The molecule has 410 valence electrons. The highest BCUT2D eigenvalue weighted by molar-refractivity contribution is 7.80.